The number of halogens is 1. The van der Waals surface area contributed by atoms with Crippen LogP contribution in [0.25, 0.3) is 0 Å². The molecule has 1 aromatic rings. The molecule has 0 fully saturated rings. The summed E-state index contributed by atoms with van der Waals surface area (Å²) < 4.78 is 4.65. The highest BCUT2D eigenvalue weighted by atomic mass is 35.5. The van der Waals surface area contributed by atoms with Gasteiger partial charge in [0.1, 0.15) is 0 Å². The minimum atomic E-state index is -0.712. The van der Waals surface area contributed by atoms with Crippen molar-refractivity contribution in [3.63, 3.8) is 0 Å². The number of likely N-dealkylation sites (N-methyl/N-ethyl adjacent to an activating group) is 1. The Morgan fingerprint density at radius 2 is 2.10 bits per heavy atom. The molecule has 0 heterocycles. The molecular formula is C14H19ClN2O3. The number of alkyl carbamates (subject to hydrolysis) is 1. The van der Waals surface area contributed by atoms with Crippen LogP contribution in [0.2, 0.25) is 5.02 Å². The largest absolute Gasteiger partial charge is 0.450 e. The van der Waals surface area contributed by atoms with E-state index in [4.69, 9.17) is 11.6 Å². The maximum Gasteiger partial charge on any atom is 0.413 e. The summed E-state index contributed by atoms with van der Waals surface area (Å²) in [5.74, 6) is -0.382. The van der Waals surface area contributed by atoms with Crippen molar-refractivity contribution in [3.05, 3.63) is 34.9 Å². The van der Waals surface area contributed by atoms with E-state index in [1.54, 1.807) is 13.0 Å². The van der Waals surface area contributed by atoms with Crippen molar-refractivity contribution in [2.24, 2.45) is 0 Å². The van der Waals surface area contributed by atoms with Gasteiger partial charge in [0.25, 0.3) is 0 Å². The van der Waals surface area contributed by atoms with Crippen LogP contribution >= 0.6 is 11.6 Å². The molecule has 1 N–H and O–H groups in total. The number of nitrogens with zero attached hydrogens (tertiary/aromatic N) is 1. The maximum absolute atomic E-state index is 11.7. The first-order valence-electron chi connectivity index (χ1n) is 6.48. The summed E-state index contributed by atoms with van der Waals surface area (Å²) in [5, 5.41) is 2.84. The van der Waals surface area contributed by atoms with Crippen molar-refractivity contribution in [1.82, 2.24) is 10.2 Å². The van der Waals surface area contributed by atoms with E-state index in [2.05, 4.69) is 10.1 Å². The van der Waals surface area contributed by atoms with Gasteiger partial charge in [-0.25, -0.2) is 4.79 Å². The number of rotatable bonds is 6. The fourth-order valence-corrected chi connectivity index (χ4v) is 1.91. The Morgan fingerprint density at radius 3 is 2.70 bits per heavy atom. The third-order valence-corrected chi connectivity index (χ3v) is 2.86. The second-order valence-corrected chi connectivity index (χ2v) is 4.64. The molecule has 0 bridgehead atoms. The molecule has 0 unspecified atom stereocenters. The van der Waals surface area contributed by atoms with Crippen molar-refractivity contribution in [3.8, 4) is 0 Å². The molecule has 1 rings (SSSR count). The molecule has 0 saturated heterocycles. The summed E-state index contributed by atoms with van der Waals surface area (Å²) in [5.41, 5.74) is 1.02. The molecule has 110 valence electrons. The van der Waals surface area contributed by atoms with Gasteiger partial charge in [-0.1, -0.05) is 30.7 Å². The molecule has 0 aliphatic carbocycles. The third kappa shape index (κ3) is 6.04. The number of ether oxygens (including phenoxy) is 1. The Bertz CT molecular complexity index is 465. The summed E-state index contributed by atoms with van der Waals surface area (Å²) in [6.45, 7) is 5.26. The number of nitrogens with one attached hydrogen (secondary N) is 1. The minimum absolute atomic E-state index is 0.127. The smallest absolute Gasteiger partial charge is 0.413 e. The average Bonchev–Trinajstić information content (AvgIpc) is 2.38. The second-order valence-electron chi connectivity index (χ2n) is 4.20. The number of hydrogen-bond donors (Lipinski definition) is 1. The quantitative estimate of drug-likeness (QED) is 0.876. The van der Waals surface area contributed by atoms with Crippen LogP contribution in [0.15, 0.2) is 24.3 Å². The third-order valence-electron chi connectivity index (χ3n) is 2.63. The van der Waals surface area contributed by atoms with Gasteiger partial charge >= 0.3 is 6.09 Å². The van der Waals surface area contributed by atoms with E-state index in [0.29, 0.717) is 18.1 Å². The highest BCUT2D eigenvalue weighted by molar-refractivity contribution is 6.30. The van der Waals surface area contributed by atoms with E-state index in [1.807, 2.05) is 30.0 Å². The maximum atomic E-state index is 11.7. The van der Waals surface area contributed by atoms with E-state index < -0.39 is 6.09 Å². The lowest BCUT2D eigenvalue weighted by molar-refractivity contribution is -0.121. The Morgan fingerprint density at radius 1 is 1.35 bits per heavy atom. The van der Waals surface area contributed by atoms with Crippen LogP contribution < -0.4 is 5.32 Å². The molecule has 0 aliphatic heterocycles. The van der Waals surface area contributed by atoms with E-state index >= 15 is 0 Å². The fourth-order valence-electron chi connectivity index (χ4n) is 1.70. The van der Waals surface area contributed by atoms with Gasteiger partial charge < -0.3 is 4.74 Å². The zero-order valence-electron chi connectivity index (χ0n) is 11.7. The molecule has 5 nitrogen and oxygen atoms in total. The predicted molar refractivity (Wildman–Crippen MR) is 77.6 cm³/mol. The van der Waals surface area contributed by atoms with Crippen LogP contribution in [0, 0.1) is 0 Å². The van der Waals surface area contributed by atoms with Crippen LogP contribution in [-0.4, -0.2) is 36.6 Å². The SMILES string of the molecule is CCOC(=O)NC(=O)CN(CC)Cc1cccc(Cl)c1. The first-order chi connectivity index (χ1) is 9.55. The predicted octanol–water partition coefficient (Wildman–Crippen LogP) is 2.43. The lowest BCUT2D eigenvalue weighted by Gasteiger charge is -2.19. The van der Waals surface area contributed by atoms with Gasteiger partial charge in [0.2, 0.25) is 5.91 Å². The van der Waals surface area contributed by atoms with E-state index in [-0.39, 0.29) is 19.1 Å². The molecule has 1 aromatic carbocycles. The van der Waals surface area contributed by atoms with Crippen LogP contribution in [0.4, 0.5) is 4.79 Å². The van der Waals surface area contributed by atoms with Gasteiger partial charge in [-0.2, -0.15) is 0 Å². The van der Waals surface area contributed by atoms with Crippen molar-refractivity contribution in [2.45, 2.75) is 20.4 Å². The summed E-state index contributed by atoms with van der Waals surface area (Å²) in [7, 11) is 0. The van der Waals surface area contributed by atoms with Gasteiger partial charge in [-0.15, -0.1) is 0 Å². The first-order valence-corrected chi connectivity index (χ1v) is 6.86. The molecule has 0 aliphatic rings. The van der Waals surface area contributed by atoms with Crippen molar-refractivity contribution in [1.29, 1.82) is 0 Å². The zero-order valence-corrected chi connectivity index (χ0v) is 12.4. The minimum Gasteiger partial charge on any atom is -0.450 e. The molecule has 0 atom stereocenters. The van der Waals surface area contributed by atoms with Crippen LogP contribution in [0.3, 0.4) is 0 Å². The molecule has 0 spiro atoms. The van der Waals surface area contributed by atoms with E-state index in [9.17, 15) is 9.59 Å². The first kappa shape index (κ1) is 16.5. The number of carbonyl (C=O) groups is 2. The normalized spacial score (nSPS) is 10.4. The summed E-state index contributed by atoms with van der Waals surface area (Å²) in [6.07, 6.45) is -0.712. The van der Waals surface area contributed by atoms with E-state index in [0.717, 1.165) is 5.56 Å². The van der Waals surface area contributed by atoms with E-state index in [1.165, 1.54) is 0 Å². The summed E-state index contributed by atoms with van der Waals surface area (Å²) >= 11 is 5.92. The highest BCUT2D eigenvalue weighted by Gasteiger charge is 2.13. The molecule has 0 radical (unpaired) electrons. The zero-order chi connectivity index (χ0) is 15.0. The average molecular weight is 299 g/mol. The van der Waals surface area contributed by atoms with Gasteiger partial charge in [0, 0.05) is 11.6 Å². The summed E-state index contributed by atoms with van der Waals surface area (Å²) in [4.78, 5) is 24.7. The van der Waals surface area contributed by atoms with Gasteiger partial charge in [0.15, 0.2) is 0 Å². The number of imide groups is 1. The Labute approximate surface area is 123 Å². The number of amides is 2. The molecule has 0 aromatic heterocycles. The van der Waals surface area contributed by atoms with Crippen LogP contribution in [-0.2, 0) is 16.1 Å². The lowest BCUT2D eigenvalue weighted by atomic mass is 10.2. The van der Waals surface area contributed by atoms with Crippen LogP contribution in [0.1, 0.15) is 19.4 Å². The van der Waals surface area contributed by atoms with Gasteiger partial charge in [-0.3, -0.25) is 15.0 Å². The number of hydrogen-bond acceptors (Lipinski definition) is 4. The van der Waals surface area contributed by atoms with Gasteiger partial charge in [0.05, 0.1) is 13.2 Å². The van der Waals surface area contributed by atoms with Crippen molar-refractivity contribution in [2.75, 3.05) is 19.7 Å². The molecule has 20 heavy (non-hydrogen) atoms. The Hall–Kier alpha value is -1.59. The highest BCUT2D eigenvalue weighted by Crippen LogP contribution is 2.12. The van der Waals surface area contributed by atoms with Crippen molar-refractivity contribution < 1.29 is 14.3 Å². The topological polar surface area (TPSA) is 58.6 Å². The Kier molecular flexibility index (Phi) is 7.04. The second kappa shape index (κ2) is 8.55. The standard InChI is InChI=1S/C14H19ClN2O3/c1-3-17(9-11-6-5-7-12(15)8-11)10-13(18)16-14(19)20-4-2/h5-8H,3-4,9-10H2,1-2H3,(H,16,18,19). The Balaban J connectivity index is 2.50. The van der Waals surface area contributed by atoms with Crippen LogP contribution in [0.5, 0.6) is 0 Å². The molecule has 6 heteroatoms. The molecule has 0 saturated carbocycles. The number of benzene rings is 1. The number of carbonyl (C=O) groups excluding carboxylic acids is 2. The lowest BCUT2D eigenvalue weighted by Crippen LogP contribution is -2.40. The fraction of sp³-hybridized carbons (Fsp3) is 0.429. The summed E-state index contributed by atoms with van der Waals surface area (Å²) in [6, 6.07) is 7.46. The van der Waals surface area contributed by atoms with Gasteiger partial charge in [-0.05, 0) is 31.2 Å². The van der Waals surface area contributed by atoms with Crippen molar-refractivity contribution >= 4 is 23.6 Å². The molecular weight excluding hydrogens is 280 g/mol. The monoisotopic (exact) mass is 298 g/mol. The molecule has 2 amide bonds.